The van der Waals surface area contributed by atoms with Gasteiger partial charge in [0.1, 0.15) is 17.2 Å². The molecule has 10 heteroatoms. The van der Waals surface area contributed by atoms with Gasteiger partial charge in [0.25, 0.3) is 5.91 Å². The van der Waals surface area contributed by atoms with Gasteiger partial charge in [-0.15, -0.1) is 6.58 Å². The van der Waals surface area contributed by atoms with Gasteiger partial charge in [-0.05, 0) is 36.4 Å². The lowest BCUT2D eigenvalue weighted by Crippen LogP contribution is -2.52. The molecule has 4 rings (SSSR count). The van der Waals surface area contributed by atoms with E-state index in [1.807, 2.05) is 60.7 Å². The van der Waals surface area contributed by atoms with Crippen LogP contribution in [-0.4, -0.2) is 49.9 Å². The Morgan fingerprint density at radius 2 is 1.88 bits per heavy atom. The van der Waals surface area contributed by atoms with Gasteiger partial charge in [0.05, 0.1) is 20.8 Å². The maximum absolute atomic E-state index is 14.0. The normalized spacial score (nSPS) is 17.8. The number of amides is 1. The van der Waals surface area contributed by atoms with Gasteiger partial charge in [-0.3, -0.25) is 10.2 Å². The van der Waals surface area contributed by atoms with Crippen LogP contribution in [0.15, 0.2) is 88.9 Å². The summed E-state index contributed by atoms with van der Waals surface area (Å²) in [5, 5.41) is 8.99. The molecule has 0 bridgehead atoms. The Labute approximate surface area is 248 Å². The van der Waals surface area contributed by atoms with E-state index in [9.17, 15) is 4.79 Å². The molecule has 3 N–H and O–H groups in total. The fraction of sp³-hybridized carbons (Fsp3) is 0.290. The molecule has 3 aromatic carbocycles. The summed E-state index contributed by atoms with van der Waals surface area (Å²) >= 11 is 3.62. The second-order valence-electron chi connectivity index (χ2n) is 9.29. The number of rotatable bonds is 14. The van der Waals surface area contributed by atoms with Crippen molar-refractivity contribution in [2.75, 3.05) is 27.4 Å². The first-order chi connectivity index (χ1) is 19.9. The third-order valence-corrected chi connectivity index (χ3v) is 7.37. The average Bonchev–Trinajstić information content (AvgIpc) is 3.38. The lowest BCUT2D eigenvalue weighted by molar-refractivity contribution is -0.130. The van der Waals surface area contributed by atoms with E-state index in [-0.39, 0.29) is 18.9 Å². The smallest absolute Gasteiger partial charge is 0.266 e. The first kappa shape index (κ1) is 30.1. The molecule has 0 aliphatic carbocycles. The maximum atomic E-state index is 14.0. The Hall–Kier alpha value is -3.86. The first-order valence-corrected chi connectivity index (χ1v) is 13.9. The molecular weight excluding hydrogens is 590 g/mol. The van der Waals surface area contributed by atoms with Gasteiger partial charge >= 0.3 is 0 Å². The van der Waals surface area contributed by atoms with E-state index in [1.54, 1.807) is 26.4 Å². The average molecular weight is 625 g/mol. The number of nitrogens with zero attached hydrogens (tertiary/aromatic N) is 1. The minimum Gasteiger partial charge on any atom is -0.497 e. The molecule has 41 heavy (non-hydrogen) atoms. The molecule has 9 nitrogen and oxygen atoms in total. The monoisotopic (exact) mass is 623 g/mol. The van der Waals surface area contributed by atoms with Crippen LogP contribution in [0, 0.1) is 0 Å². The van der Waals surface area contributed by atoms with Crippen molar-refractivity contribution in [3.8, 4) is 17.2 Å². The van der Waals surface area contributed by atoms with Crippen LogP contribution in [0.2, 0.25) is 0 Å². The lowest BCUT2D eigenvalue weighted by Gasteiger charge is -2.30. The molecule has 0 saturated carbocycles. The summed E-state index contributed by atoms with van der Waals surface area (Å²) in [5.41, 5.74) is 6.84. The molecule has 0 radical (unpaired) electrons. The van der Waals surface area contributed by atoms with Crippen molar-refractivity contribution >= 4 is 27.7 Å². The van der Waals surface area contributed by atoms with Crippen LogP contribution in [0.1, 0.15) is 35.6 Å². The summed E-state index contributed by atoms with van der Waals surface area (Å²) in [4.78, 5) is 18.9. The summed E-state index contributed by atoms with van der Waals surface area (Å²) in [7, 11) is 3.17. The number of hydrogen-bond acceptors (Lipinski definition) is 8. The lowest BCUT2D eigenvalue weighted by atomic mass is 9.84. The predicted octanol–water partition coefficient (Wildman–Crippen LogP) is 4.88. The van der Waals surface area contributed by atoms with Crippen LogP contribution < -0.4 is 25.1 Å². The highest BCUT2D eigenvalue weighted by molar-refractivity contribution is 9.10. The van der Waals surface area contributed by atoms with Crippen molar-refractivity contribution in [1.82, 2.24) is 10.9 Å². The standard InChI is InChI=1S/C31H34BrN3O6/c1-4-16-31(30(37)35-33-20-22-12-15-24(38-2)19-27(22)39-3)28(25-8-5-6-9-26(25)32)41-29(34-31)21-10-13-23(14-11-21)40-18-7-17-36/h4-6,8-15,19,28,33,36H,1,7,16-18,20H2,2-3H3,(H,35,37)/t28-,31-/m0/s1. The SMILES string of the molecule is C=CC[C@]1(C(=O)NNCc2ccc(OC)cc2OC)N=C(c2ccc(OCCCO)cc2)O[C@H]1c1ccccc1Br. The number of carbonyl (C=O) groups excluding carboxylic acids is 1. The van der Waals surface area contributed by atoms with Gasteiger partial charge < -0.3 is 24.1 Å². The topological polar surface area (TPSA) is 111 Å². The van der Waals surface area contributed by atoms with E-state index in [2.05, 4.69) is 33.4 Å². The van der Waals surface area contributed by atoms with Crippen LogP contribution in [0.25, 0.3) is 0 Å². The molecule has 0 aromatic heterocycles. The fourth-order valence-electron chi connectivity index (χ4n) is 4.53. The molecule has 0 fully saturated rings. The molecule has 0 unspecified atom stereocenters. The van der Waals surface area contributed by atoms with Gasteiger partial charge in [0.2, 0.25) is 5.90 Å². The van der Waals surface area contributed by atoms with E-state index in [0.29, 0.717) is 48.3 Å². The van der Waals surface area contributed by atoms with Crippen LogP contribution >= 0.6 is 15.9 Å². The Morgan fingerprint density at radius 1 is 1.12 bits per heavy atom. The van der Waals surface area contributed by atoms with Gasteiger partial charge in [-0.2, -0.15) is 0 Å². The molecule has 216 valence electrons. The number of hydrazine groups is 1. The van der Waals surface area contributed by atoms with Crippen LogP contribution in [0.3, 0.4) is 0 Å². The molecule has 3 aromatic rings. The molecular formula is C31H34BrN3O6. The zero-order valence-corrected chi connectivity index (χ0v) is 24.6. The molecule has 0 saturated heterocycles. The highest BCUT2D eigenvalue weighted by Crippen LogP contribution is 2.44. The molecule has 1 amide bonds. The molecule has 1 heterocycles. The summed E-state index contributed by atoms with van der Waals surface area (Å²) < 4.78 is 23.6. The fourth-order valence-corrected chi connectivity index (χ4v) is 5.02. The van der Waals surface area contributed by atoms with E-state index in [0.717, 1.165) is 15.6 Å². The van der Waals surface area contributed by atoms with E-state index >= 15 is 0 Å². The van der Waals surface area contributed by atoms with E-state index < -0.39 is 11.6 Å². The minimum absolute atomic E-state index is 0.0646. The van der Waals surface area contributed by atoms with E-state index in [4.69, 9.17) is 29.0 Å². The molecule has 1 aliphatic rings. The largest absolute Gasteiger partial charge is 0.497 e. The zero-order chi connectivity index (χ0) is 29.2. The maximum Gasteiger partial charge on any atom is 0.266 e. The number of methoxy groups -OCH3 is 2. The molecule has 2 atom stereocenters. The first-order valence-electron chi connectivity index (χ1n) is 13.2. The third kappa shape index (κ3) is 6.90. The Bertz CT molecular complexity index is 1380. The Kier molecular flexibility index (Phi) is 10.4. The second kappa shape index (κ2) is 14.2. The number of aliphatic hydroxyl groups is 1. The number of ether oxygens (including phenoxy) is 4. The Morgan fingerprint density at radius 3 is 2.56 bits per heavy atom. The predicted molar refractivity (Wildman–Crippen MR) is 160 cm³/mol. The third-order valence-electron chi connectivity index (χ3n) is 6.65. The summed E-state index contributed by atoms with van der Waals surface area (Å²) in [6, 6.07) is 20.4. The Balaban J connectivity index is 1.62. The highest BCUT2D eigenvalue weighted by Gasteiger charge is 2.53. The van der Waals surface area contributed by atoms with Crippen LogP contribution in [-0.2, 0) is 16.1 Å². The van der Waals surface area contributed by atoms with Gasteiger partial charge in [-0.25, -0.2) is 10.4 Å². The number of hydrogen-bond donors (Lipinski definition) is 3. The number of benzene rings is 3. The molecule has 0 spiro atoms. The van der Waals surface area contributed by atoms with Crippen molar-refractivity contribution in [3.63, 3.8) is 0 Å². The summed E-state index contributed by atoms with van der Waals surface area (Å²) in [5.74, 6) is 1.93. The van der Waals surface area contributed by atoms with Crippen LogP contribution in [0.4, 0.5) is 0 Å². The molecule has 1 aliphatic heterocycles. The van der Waals surface area contributed by atoms with Crippen molar-refractivity contribution in [2.45, 2.75) is 31.0 Å². The number of nitrogens with one attached hydrogen (secondary N) is 2. The summed E-state index contributed by atoms with van der Waals surface area (Å²) in [6.07, 6.45) is 1.71. The van der Waals surface area contributed by atoms with E-state index in [1.165, 1.54) is 0 Å². The minimum atomic E-state index is -1.34. The zero-order valence-electron chi connectivity index (χ0n) is 23.1. The number of aliphatic imine (C=N–C) groups is 1. The number of aliphatic hydroxyl groups excluding tert-OH is 1. The van der Waals surface area contributed by atoms with Gasteiger partial charge in [-0.1, -0.05) is 46.3 Å². The second-order valence-corrected chi connectivity index (χ2v) is 10.1. The van der Waals surface area contributed by atoms with Crippen molar-refractivity contribution in [1.29, 1.82) is 0 Å². The van der Waals surface area contributed by atoms with Gasteiger partial charge in [0, 0.05) is 53.2 Å². The summed E-state index contributed by atoms with van der Waals surface area (Å²) in [6.45, 7) is 4.69. The van der Waals surface area contributed by atoms with Crippen LogP contribution in [0.5, 0.6) is 17.2 Å². The van der Waals surface area contributed by atoms with Crippen molar-refractivity contribution in [3.05, 3.63) is 101 Å². The number of carbonyl (C=O) groups is 1. The van der Waals surface area contributed by atoms with Crippen molar-refractivity contribution in [2.24, 2.45) is 4.99 Å². The highest BCUT2D eigenvalue weighted by atomic mass is 79.9. The number of halogens is 1. The van der Waals surface area contributed by atoms with Crippen molar-refractivity contribution < 1.29 is 28.8 Å². The quantitative estimate of drug-likeness (QED) is 0.133. The van der Waals surface area contributed by atoms with Gasteiger partial charge in [0.15, 0.2) is 11.6 Å².